The minimum absolute atomic E-state index is 0.0729. The van der Waals surface area contributed by atoms with E-state index in [0.717, 1.165) is 6.07 Å². The van der Waals surface area contributed by atoms with Gasteiger partial charge in [0.15, 0.2) is 0 Å². The summed E-state index contributed by atoms with van der Waals surface area (Å²) in [6.45, 7) is 0.901. The lowest BCUT2D eigenvalue weighted by atomic mass is 10.1. The fraction of sp³-hybridized carbons (Fsp3) is 0.235. The lowest BCUT2D eigenvalue weighted by molar-refractivity contribution is -0.119. The highest BCUT2D eigenvalue weighted by Crippen LogP contribution is 2.22. The summed E-state index contributed by atoms with van der Waals surface area (Å²) in [4.78, 5) is 12.0. The maximum Gasteiger partial charge on any atom is 0.262 e. The van der Waals surface area contributed by atoms with Gasteiger partial charge in [0.2, 0.25) is 5.91 Å². The minimum Gasteiger partial charge on any atom is -0.381 e. The maximum atomic E-state index is 13.7. The Hall–Kier alpha value is -2.45. The molecule has 1 aliphatic heterocycles. The number of amides is 1. The first-order valence-electron chi connectivity index (χ1n) is 7.72. The predicted molar refractivity (Wildman–Crippen MR) is 91.2 cm³/mol. The summed E-state index contributed by atoms with van der Waals surface area (Å²) in [5.74, 6) is -1.12. The number of ether oxygens (including phenoxy) is 1. The number of hydrogen-bond acceptors (Lipinski definition) is 4. The van der Waals surface area contributed by atoms with Crippen LogP contribution in [0.5, 0.6) is 0 Å². The molecule has 0 saturated carbocycles. The first kappa shape index (κ1) is 17.4. The molecule has 1 unspecified atom stereocenters. The van der Waals surface area contributed by atoms with E-state index >= 15 is 0 Å². The molecule has 1 aliphatic rings. The van der Waals surface area contributed by atoms with Gasteiger partial charge in [0, 0.05) is 12.3 Å². The number of para-hydroxylation sites is 1. The highest BCUT2D eigenvalue weighted by atomic mass is 32.2. The Bertz CT molecular complexity index is 880. The van der Waals surface area contributed by atoms with E-state index in [1.807, 2.05) is 0 Å². The third kappa shape index (κ3) is 4.15. The fourth-order valence-corrected chi connectivity index (χ4v) is 3.59. The van der Waals surface area contributed by atoms with Gasteiger partial charge in [-0.15, -0.1) is 0 Å². The Kier molecular flexibility index (Phi) is 5.00. The number of carbonyl (C=O) groups is 1. The Morgan fingerprint density at radius 3 is 2.68 bits per heavy atom. The van der Waals surface area contributed by atoms with E-state index in [2.05, 4.69) is 10.0 Å². The topological polar surface area (TPSA) is 84.5 Å². The highest BCUT2D eigenvalue weighted by Gasteiger charge is 2.24. The summed E-state index contributed by atoms with van der Waals surface area (Å²) < 4.78 is 45.9. The van der Waals surface area contributed by atoms with Gasteiger partial charge in [-0.1, -0.05) is 18.2 Å². The summed E-state index contributed by atoms with van der Waals surface area (Å²) in [5, 5.41) is 2.69. The molecule has 0 spiro atoms. The van der Waals surface area contributed by atoms with E-state index in [0.29, 0.717) is 25.3 Å². The molecule has 6 nitrogen and oxygen atoms in total. The zero-order chi connectivity index (χ0) is 17.9. The van der Waals surface area contributed by atoms with Gasteiger partial charge >= 0.3 is 0 Å². The van der Waals surface area contributed by atoms with Gasteiger partial charge in [-0.3, -0.25) is 9.52 Å². The second-order valence-electron chi connectivity index (χ2n) is 5.66. The molecule has 1 saturated heterocycles. The molecular weight excluding hydrogens is 347 g/mol. The monoisotopic (exact) mass is 364 g/mol. The highest BCUT2D eigenvalue weighted by molar-refractivity contribution is 7.92. The molecular formula is C17H17FN2O4S. The molecule has 1 fully saturated rings. The molecule has 0 aromatic heterocycles. The van der Waals surface area contributed by atoms with Gasteiger partial charge in [-0.25, -0.2) is 12.8 Å². The van der Waals surface area contributed by atoms with Crippen LogP contribution < -0.4 is 10.0 Å². The number of sulfonamides is 1. The predicted octanol–water partition coefficient (Wildman–Crippen LogP) is 2.60. The first-order chi connectivity index (χ1) is 12.0. The minimum atomic E-state index is -3.98. The van der Waals surface area contributed by atoms with Crippen molar-refractivity contribution in [2.24, 2.45) is 5.92 Å². The molecule has 1 atom stereocenters. The van der Waals surface area contributed by atoms with Crippen LogP contribution in [-0.2, 0) is 19.6 Å². The number of anilines is 2. The lowest BCUT2D eigenvalue weighted by Gasteiger charge is -2.12. The quantitative estimate of drug-likeness (QED) is 0.854. The molecule has 1 amide bonds. The number of carbonyl (C=O) groups excluding carboxylic acids is 1. The van der Waals surface area contributed by atoms with Crippen molar-refractivity contribution in [3.8, 4) is 0 Å². The number of halogens is 1. The number of nitrogens with one attached hydrogen (secondary N) is 2. The molecule has 0 aliphatic carbocycles. The Balaban J connectivity index is 1.78. The van der Waals surface area contributed by atoms with Crippen molar-refractivity contribution in [1.82, 2.24) is 0 Å². The van der Waals surface area contributed by atoms with Crippen LogP contribution in [0.15, 0.2) is 53.4 Å². The number of hydrogen-bond donors (Lipinski definition) is 2. The van der Waals surface area contributed by atoms with Crippen molar-refractivity contribution >= 4 is 27.3 Å². The summed E-state index contributed by atoms with van der Waals surface area (Å²) in [5.41, 5.74) is 0.216. The average molecular weight is 364 g/mol. The Morgan fingerprint density at radius 1 is 1.16 bits per heavy atom. The molecule has 0 bridgehead atoms. The molecule has 8 heteroatoms. The van der Waals surface area contributed by atoms with Crippen LogP contribution in [-0.4, -0.2) is 27.5 Å². The van der Waals surface area contributed by atoms with Crippen molar-refractivity contribution in [1.29, 1.82) is 0 Å². The van der Waals surface area contributed by atoms with Crippen LogP contribution in [0.4, 0.5) is 15.8 Å². The van der Waals surface area contributed by atoms with Gasteiger partial charge in [-0.05, 0) is 36.8 Å². The number of benzene rings is 2. The normalized spacial score (nSPS) is 17.2. The Labute approximate surface area is 145 Å². The van der Waals surface area contributed by atoms with Crippen molar-refractivity contribution in [3.63, 3.8) is 0 Å². The van der Waals surface area contributed by atoms with Crippen molar-refractivity contribution in [3.05, 3.63) is 54.3 Å². The maximum absolute atomic E-state index is 13.7. The molecule has 0 radical (unpaired) electrons. The van der Waals surface area contributed by atoms with Gasteiger partial charge in [-0.2, -0.15) is 0 Å². The molecule has 132 valence electrons. The van der Waals surface area contributed by atoms with E-state index in [-0.39, 0.29) is 22.4 Å². The largest absolute Gasteiger partial charge is 0.381 e. The molecule has 3 rings (SSSR count). The summed E-state index contributed by atoms with van der Waals surface area (Å²) in [6, 6.07) is 11.3. The average Bonchev–Trinajstić information content (AvgIpc) is 3.12. The fourth-order valence-electron chi connectivity index (χ4n) is 2.47. The molecule has 2 N–H and O–H groups in total. The smallest absolute Gasteiger partial charge is 0.262 e. The van der Waals surface area contributed by atoms with Crippen molar-refractivity contribution < 1.29 is 22.3 Å². The van der Waals surface area contributed by atoms with Gasteiger partial charge in [0.05, 0.1) is 23.1 Å². The van der Waals surface area contributed by atoms with Gasteiger partial charge in [0.1, 0.15) is 5.82 Å². The van der Waals surface area contributed by atoms with Gasteiger partial charge in [0.25, 0.3) is 10.0 Å². The van der Waals surface area contributed by atoms with Crippen LogP contribution in [0.2, 0.25) is 0 Å². The molecule has 2 aromatic carbocycles. The zero-order valence-electron chi connectivity index (χ0n) is 13.2. The van der Waals surface area contributed by atoms with Crippen LogP contribution >= 0.6 is 0 Å². The van der Waals surface area contributed by atoms with Crippen molar-refractivity contribution in [2.75, 3.05) is 23.3 Å². The van der Waals surface area contributed by atoms with E-state index in [9.17, 15) is 17.6 Å². The van der Waals surface area contributed by atoms with Crippen LogP contribution in [0.25, 0.3) is 0 Å². The second-order valence-corrected chi connectivity index (χ2v) is 7.35. The standard InChI is InChI=1S/C17H17FN2O4S/c18-15-6-1-2-7-16(15)20-25(22,23)14-5-3-4-13(10-14)19-17(21)12-8-9-24-11-12/h1-7,10,12,20H,8-9,11H2,(H,19,21). The lowest BCUT2D eigenvalue weighted by Crippen LogP contribution is -2.23. The molecule has 2 aromatic rings. The Morgan fingerprint density at radius 2 is 1.96 bits per heavy atom. The third-order valence-corrected chi connectivity index (χ3v) is 5.19. The molecule has 25 heavy (non-hydrogen) atoms. The van der Waals surface area contributed by atoms with E-state index < -0.39 is 15.8 Å². The third-order valence-electron chi connectivity index (χ3n) is 3.83. The summed E-state index contributed by atoms with van der Waals surface area (Å²) in [7, 11) is -3.98. The van der Waals surface area contributed by atoms with Crippen LogP contribution in [0.1, 0.15) is 6.42 Å². The van der Waals surface area contributed by atoms with Crippen molar-refractivity contribution in [2.45, 2.75) is 11.3 Å². The number of rotatable bonds is 5. The first-order valence-corrected chi connectivity index (χ1v) is 9.20. The van der Waals surface area contributed by atoms with E-state index in [4.69, 9.17) is 4.74 Å². The molecule has 1 heterocycles. The zero-order valence-corrected chi connectivity index (χ0v) is 14.1. The summed E-state index contributed by atoms with van der Waals surface area (Å²) >= 11 is 0. The summed E-state index contributed by atoms with van der Waals surface area (Å²) in [6.07, 6.45) is 0.638. The van der Waals surface area contributed by atoms with Crippen LogP contribution in [0.3, 0.4) is 0 Å². The van der Waals surface area contributed by atoms with E-state index in [1.165, 1.54) is 36.4 Å². The van der Waals surface area contributed by atoms with E-state index in [1.54, 1.807) is 6.07 Å². The SMILES string of the molecule is O=C(Nc1cccc(S(=O)(=O)Nc2ccccc2F)c1)C1CCOC1. The second kappa shape index (κ2) is 7.20. The van der Waals surface area contributed by atoms with Crippen LogP contribution in [0, 0.1) is 11.7 Å². The van der Waals surface area contributed by atoms with Gasteiger partial charge < -0.3 is 10.1 Å².